The molecule has 0 bridgehead atoms. The number of carbonyl (C=O) groups is 1. The van der Waals surface area contributed by atoms with Gasteiger partial charge in [-0.1, -0.05) is 42.5 Å². The normalized spacial score (nSPS) is 10.3. The van der Waals surface area contributed by atoms with Crippen molar-refractivity contribution in [1.29, 1.82) is 0 Å². The predicted molar refractivity (Wildman–Crippen MR) is 120 cm³/mol. The van der Waals surface area contributed by atoms with Gasteiger partial charge in [-0.3, -0.25) is 0 Å². The Kier molecular flexibility index (Phi) is 6.60. The van der Waals surface area contributed by atoms with Gasteiger partial charge in [-0.05, 0) is 58.8 Å². The third kappa shape index (κ3) is 4.94. The zero-order valence-electron chi connectivity index (χ0n) is 14.5. The van der Waals surface area contributed by atoms with Gasteiger partial charge < -0.3 is 15.4 Å². The summed E-state index contributed by atoms with van der Waals surface area (Å²) in [7, 11) is 0. The summed E-state index contributed by atoms with van der Waals surface area (Å²) in [5.41, 5.74) is 2.34. The number of halogens is 1. The lowest BCUT2D eigenvalue weighted by atomic mass is 10.1. The van der Waals surface area contributed by atoms with E-state index in [1.807, 2.05) is 60.7 Å². The van der Waals surface area contributed by atoms with Crippen molar-refractivity contribution in [3.63, 3.8) is 0 Å². The molecule has 2 aromatic carbocycles. The van der Waals surface area contributed by atoms with Crippen LogP contribution >= 0.6 is 39.5 Å². The number of nitrogens with one attached hydrogen (secondary N) is 2. The Bertz CT molecular complexity index is 958. The minimum Gasteiger partial charge on any atom is -0.462 e. The fourth-order valence-corrected chi connectivity index (χ4v) is 4.12. The van der Waals surface area contributed by atoms with E-state index in [0.717, 1.165) is 20.6 Å². The van der Waals surface area contributed by atoms with Crippen LogP contribution in [0.1, 0.15) is 17.3 Å². The highest BCUT2D eigenvalue weighted by Gasteiger charge is 2.19. The van der Waals surface area contributed by atoms with Gasteiger partial charge in [0.25, 0.3) is 0 Å². The van der Waals surface area contributed by atoms with E-state index >= 15 is 0 Å². The van der Waals surface area contributed by atoms with E-state index in [2.05, 4.69) is 26.6 Å². The molecule has 0 saturated carbocycles. The maximum Gasteiger partial charge on any atom is 0.341 e. The molecule has 2 N–H and O–H groups in total. The summed E-state index contributed by atoms with van der Waals surface area (Å²) in [6.45, 7) is 2.10. The number of rotatable bonds is 5. The Morgan fingerprint density at radius 1 is 1.11 bits per heavy atom. The zero-order chi connectivity index (χ0) is 19.2. The Labute approximate surface area is 175 Å². The van der Waals surface area contributed by atoms with Crippen LogP contribution in [0.15, 0.2) is 65.1 Å². The smallest absolute Gasteiger partial charge is 0.341 e. The standard InChI is InChI=1S/C20H17BrN2O2S2/c1-2-25-19(24)14-12-17(13-8-4-3-5-9-13)27-18(14)23-20(26)22-16-11-7-6-10-15(16)21/h3-12H,2H2,1H3,(H2,22,23,26). The van der Waals surface area contributed by atoms with Gasteiger partial charge in [0.05, 0.1) is 17.9 Å². The molecule has 0 aliphatic rings. The van der Waals surface area contributed by atoms with Gasteiger partial charge in [0.2, 0.25) is 0 Å². The number of carbonyl (C=O) groups excluding carboxylic acids is 1. The maximum absolute atomic E-state index is 12.4. The second-order valence-corrected chi connectivity index (χ2v) is 7.81. The quantitative estimate of drug-likeness (QED) is 0.352. The van der Waals surface area contributed by atoms with E-state index < -0.39 is 0 Å². The molecule has 0 saturated heterocycles. The first-order valence-electron chi connectivity index (χ1n) is 8.27. The third-order valence-corrected chi connectivity index (χ3v) is 5.63. The summed E-state index contributed by atoms with van der Waals surface area (Å²) in [4.78, 5) is 13.3. The van der Waals surface area contributed by atoms with Crippen molar-refractivity contribution in [3.8, 4) is 10.4 Å². The van der Waals surface area contributed by atoms with E-state index in [-0.39, 0.29) is 5.97 Å². The fraction of sp³-hybridized carbons (Fsp3) is 0.100. The van der Waals surface area contributed by atoms with Crippen molar-refractivity contribution in [2.24, 2.45) is 0 Å². The minimum absolute atomic E-state index is 0.314. The molecular weight excluding hydrogens is 444 g/mol. The molecule has 0 radical (unpaired) electrons. The lowest BCUT2D eigenvalue weighted by molar-refractivity contribution is 0.0528. The van der Waals surface area contributed by atoms with Gasteiger partial charge in [0.15, 0.2) is 5.11 Å². The number of thiophene rings is 1. The second-order valence-electron chi connectivity index (χ2n) is 5.50. The number of anilines is 2. The topological polar surface area (TPSA) is 50.4 Å². The average molecular weight is 461 g/mol. The summed E-state index contributed by atoms with van der Waals surface area (Å²) < 4.78 is 6.09. The van der Waals surface area contributed by atoms with Crippen LogP contribution in [0.3, 0.4) is 0 Å². The average Bonchev–Trinajstić information content (AvgIpc) is 3.08. The SMILES string of the molecule is CCOC(=O)c1cc(-c2ccccc2)sc1NC(=S)Nc1ccccc1Br. The lowest BCUT2D eigenvalue weighted by Crippen LogP contribution is -2.20. The van der Waals surface area contributed by atoms with Gasteiger partial charge in [-0.25, -0.2) is 4.79 Å². The van der Waals surface area contributed by atoms with Crippen molar-refractivity contribution in [2.75, 3.05) is 17.2 Å². The van der Waals surface area contributed by atoms with Gasteiger partial charge in [0.1, 0.15) is 5.00 Å². The first kappa shape index (κ1) is 19.5. The molecule has 7 heteroatoms. The number of thiocarbonyl (C=S) groups is 1. The molecule has 0 unspecified atom stereocenters. The molecule has 1 heterocycles. The van der Waals surface area contributed by atoms with Crippen molar-refractivity contribution in [1.82, 2.24) is 0 Å². The highest BCUT2D eigenvalue weighted by Crippen LogP contribution is 2.36. The van der Waals surface area contributed by atoms with E-state index in [1.165, 1.54) is 11.3 Å². The largest absolute Gasteiger partial charge is 0.462 e. The Balaban J connectivity index is 1.86. The Morgan fingerprint density at radius 2 is 1.81 bits per heavy atom. The summed E-state index contributed by atoms with van der Waals surface area (Å²) in [5, 5.41) is 7.31. The predicted octanol–water partition coefficient (Wildman–Crippen LogP) is 6.16. The number of benzene rings is 2. The van der Waals surface area contributed by atoms with E-state index in [9.17, 15) is 4.79 Å². The lowest BCUT2D eigenvalue weighted by Gasteiger charge is -2.11. The van der Waals surface area contributed by atoms with Crippen molar-refractivity contribution < 1.29 is 9.53 Å². The second kappa shape index (κ2) is 9.12. The van der Waals surface area contributed by atoms with E-state index in [1.54, 1.807) is 6.92 Å². The third-order valence-electron chi connectivity index (χ3n) is 3.63. The molecule has 0 spiro atoms. The van der Waals surface area contributed by atoms with Gasteiger partial charge in [-0.15, -0.1) is 11.3 Å². The van der Waals surface area contributed by atoms with Crippen LogP contribution in [0.5, 0.6) is 0 Å². The summed E-state index contributed by atoms with van der Waals surface area (Å²) in [6, 6.07) is 19.4. The molecule has 0 aliphatic carbocycles. The molecule has 0 aliphatic heterocycles. The Morgan fingerprint density at radius 3 is 2.52 bits per heavy atom. The molecule has 0 atom stereocenters. The van der Waals surface area contributed by atoms with Crippen LogP contribution in [0, 0.1) is 0 Å². The van der Waals surface area contributed by atoms with Crippen LogP contribution < -0.4 is 10.6 Å². The Hall–Kier alpha value is -2.22. The molecule has 27 heavy (non-hydrogen) atoms. The van der Waals surface area contributed by atoms with E-state index in [0.29, 0.717) is 22.3 Å². The first-order valence-corrected chi connectivity index (χ1v) is 10.3. The monoisotopic (exact) mass is 460 g/mol. The fourth-order valence-electron chi connectivity index (χ4n) is 2.41. The molecular formula is C20H17BrN2O2S2. The molecule has 1 aromatic heterocycles. The zero-order valence-corrected chi connectivity index (χ0v) is 17.7. The van der Waals surface area contributed by atoms with Crippen LogP contribution in [0.2, 0.25) is 0 Å². The molecule has 3 aromatic rings. The highest BCUT2D eigenvalue weighted by atomic mass is 79.9. The maximum atomic E-state index is 12.4. The molecule has 3 rings (SSSR count). The van der Waals surface area contributed by atoms with Crippen LogP contribution in [0.4, 0.5) is 10.7 Å². The number of hydrogen-bond acceptors (Lipinski definition) is 4. The first-order chi connectivity index (χ1) is 13.1. The minimum atomic E-state index is -0.373. The number of hydrogen-bond donors (Lipinski definition) is 2. The van der Waals surface area contributed by atoms with Crippen molar-refractivity contribution in [3.05, 3.63) is 70.7 Å². The van der Waals surface area contributed by atoms with Gasteiger partial charge in [-0.2, -0.15) is 0 Å². The summed E-state index contributed by atoms with van der Waals surface area (Å²) in [6.07, 6.45) is 0. The number of ether oxygens (including phenoxy) is 1. The summed E-state index contributed by atoms with van der Waals surface area (Å²) in [5.74, 6) is -0.373. The van der Waals surface area contributed by atoms with E-state index in [4.69, 9.17) is 17.0 Å². The summed E-state index contributed by atoms with van der Waals surface area (Å²) >= 11 is 10.4. The van der Waals surface area contributed by atoms with Crippen molar-refractivity contribution >= 4 is 61.3 Å². The number of esters is 1. The van der Waals surface area contributed by atoms with Crippen LogP contribution in [-0.4, -0.2) is 17.7 Å². The van der Waals surface area contributed by atoms with Gasteiger partial charge >= 0.3 is 5.97 Å². The molecule has 138 valence electrons. The highest BCUT2D eigenvalue weighted by molar-refractivity contribution is 9.10. The van der Waals surface area contributed by atoms with Crippen LogP contribution in [-0.2, 0) is 4.74 Å². The number of para-hydroxylation sites is 1. The molecule has 0 fully saturated rings. The van der Waals surface area contributed by atoms with Crippen molar-refractivity contribution in [2.45, 2.75) is 6.92 Å². The molecule has 0 amide bonds. The molecule has 4 nitrogen and oxygen atoms in total. The van der Waals surface area contributed by atoms with Crippen LogP contribution in [0.25, 0.3) is 10.4 Å². The van der Waals surface area contributed by atoms with Gasteiger partial charge in [0, 0.05) is 9.35 Å².